The van der Waals surface area contributed by atoms with E-state index in [1.807, 2.05) is 59.4 Å². The highest BCUT2D eigenvalue weighted by molar-refractivity contribution is 14.1. The van der Waals surface area contributed by atoms with Crippen molar-refractivity contribution in [2.75, 3.05) is 0 Å². The molecule has 0 amide bonds. The van der Waals surface area contributed by atoms with Crippen LogP contribution in [0.2, 0.25) is 0 Å². The van der Waals surface area contributed by atoms with Gasteiger partial charge in [0.25, 0.3) is 0 Å². The molecule has 0 saturated heterocycles. The van der Waals surface area contributed by atoms with E-state index in [9.17, 15) is 10.2 Å². The molecule has 0 bridgehead atoms. The molecule has 0 heterocycles. The lowest BCUT2D eigenvalue weighted by Crippen LogP contribution is -2.25. The zero-order valence-electron chi connectivity index (χ0n) is 25.5. The minimum absolute atomic E-state index is 0.276. The van der Waals surface area contributed by atoms with E-state index in [0.29, 0.717) is 0 Å². The molecule has 0 aliphatic heterocycles. The van der Waals surface area contributed by atoms with Crippen LogP contribution in [-0.4, -0.2) is 10.2 Å². The normalized spacial score (nSPS) is 11.4. The number of aromatic hydroxyl groups is 2. The Morgan fingerprint density at radius 1 is 0.396 bits per heavy atom. The van der Waals surface area contributed by atoms with Crippen molar-refractivity contribution in [2.45, 2.75) is 41.7 Å². The maximum Gasteiger partial charge on any atom is 0.192 e. The lowest BCUT2D eigenvalue weighted by atomic mass is 9.71. The van der Waals surface area contributed by atoms with Gasteiger partial charge in [-0.1, -0.05) is 101 Å². The van der Waals surface area contributed by atoms with E-state index in [0.717, 1.165) is 15.5 Å². The van der Waals surface area contributed by atoms with Gasteiger partial charge in [0.1, 0.15) is 17.2 Å². The molecule has 2 N–H and O–H groups in total. The summed E-state index contributed by atoms with van der Waals surface area (Å²) in [6.07, 6.45) is 0. The van der Waals surface area contributed by atoms with Gasteiger partial charge in [-0.3, -0.25) is 0 Å². The molecule has 6 rings (SSSR count). The average molecular weight is 853 g/mol. The molecule has 48 heavy (non-hydrogen) atoms. The highest BCUT2D eigenvalue weighted by atomic mass is 127. The second-order valence-corrected chi connectivity index (χ2v) is 18.0. The van der Waals surface area contributed by atoms with Crippen molar-refractivity contribution in [1.29, 1.82) is 0 Å². The van der Waals surface area contributed by atoms with E-state index in [2.05, 4.69) is 91.9 Å². The number of phenols is 2. The molecule has 10 heteroatoms. The predicted octanol–water partition coefficient (Wildman–Crippen LogP) is 13.6. The largest absolute Gasteiger partial charge is 0.508 e. The lowest BCUT2D eigenvalue weighted by molar-refractivity contribution is 0.474. The van der Waals surface area contributed by atoms with Crippen LogP contribution in [0.15, 0.2) is 175 Å². The van der Waals surface area contributed by atoms with Crippen molar-refractivity contribution in [3.8, 4) is 17.2 Å². The van der Waals surface area contributed by atoms with E-state index in [-0.39, 0.29) is 16.9 Å². The second-order valence-electron chi connectivity index (χ2n) is 10.7. The van der Waals surface area contributed by atoms with Crippen molar-refractivity contribution in [1.82, 2.24) is 0 Å². The van der Waals surface area contributed by atoms with Gasteiger partial charge < -0.3 is 13.3 Å². The molecule has 0 aliphatic rings. The third-order valence-electron chi connectivity index (χ3n) is 7.58. The maximum atomic E-state index is 9.61. The van der Waals surface area contributed by atoms with Crippen molar-refractivity contribution < 1.29 is 13.3 Å². The van der Waals surface area contributed by atoms with Gasteiger partial charge in [-0.25, -0.2) is 0 Å². The number of hydrogen-bond donors (Lipinski definition) is 2. The molecule has 3 nitrogen and oxygen atoms in total. The number of hydrogen-bond acceptors (Lipinski definition) is 9. The second kappa shape index (κ2) is 17.0. The Bertz CT molecular complexity index is 1810. The molecule has 0 aromatic heterocycles. The summed E-state index contributed by atoms with van der Waals surface area (Å²) in [5.41, 5.74) is 3.27. The Hall–Kier alpha value is -2.45. The third kappa shape index (κ3) is 9.21. The van der Waals surface area contributed by atoms with Gasteiger partial charge in [0.2, 0.25) is 0 Å². The van der Waals surface area contributed by atoms with Gasteiger partial charge in [-0.15, -0.1) is 0 Å². The summed E-state index contributed by atoms with van der Waals surface area (Å²) in [4.78, 5) is 6.88. The summed E-state index contributed by atoms with van der Waals surface area (Å²) in [6, 6.07) is 49.4. The van der Waals surface area contributed by atoms with Gasteiger partial charge in [0, 0.05) is 34.8 Å². The Balaban J connectivity index is 1.22. The Morgan fingerprint density at radius 2 is 0.625 bits per heavy atom. The summed E-state index contributed by atoms with van der Waals surface area (Å²) in [6.45, 7) is 2.31. The first-order valence-corrected chi connectivity index (χ1v) is 22.0. The summed E-state index contributed by atoms with van der Waals surface area (Å²) in [5.74, 6) is 1.40. The van der Waals surface area contributed by atoms with Gasteiger partial charge in [0.15, 0.2) is 23.0 Å². The fraction of sp³-hybridized carbons (Fsp3) is 0.0526. The van der Waals surface area contributed by atoms with Crippen LogP contribution in [0.1, 0.15) is 23.6 Å². The average Bonchev–Trinajstić information content (AvgIpc) is 3.14. The van der Waals surface area contributed by atoms with Crippen LogP contribution in [-0.2, 0) is 5.41 Å². The van der Waals surface area contributed by atoms with Crippen LogP contribution in [0.3, 0.4) is 0 Å². The molecule has 0 radical (unpaired) electrons. The van der Waals surface area contributed by atoms with E-state index in [4.69, 9.17) is 3.07 Å². The number of halogens is 1. The van der Waals surface area contributed by atoms with Crippen LogP contribution >= 0.6 is 87.8 Å². The van der Waals surface area contributed by atoms with Crippen molar-refractivity contribution in [3.05, 3.63) is 162 Å². The summed E-state index contributed by atoms with van der Waals surface area (Å²) < 4.78 is 5.27. The predicted molar refractivity (Wildman–Crippen MR) is 217 cm³/mol. The highest BCUT2D eigenvalue weighted by Gasteiger charge is 2.31. The molecule has 0 saturated carbocycles. The quantitative estimate of drug-likeness (QED) is 0.0672. The SMILES string of the molecule is CC(c1ccc(SSc2ccc(O)cc2)cc1)(c1ccc(SSc2ccc(O)cc2)cc1)c1ccc(SSc2ccc(OI)cc2)cc1. The van der Waals surface area contributed by atoms with E-state index in [1.54, 1.807) is 89.0 Å². The molecule has 6 aromatic carbocycles. The monoisotopic (exact) mass is 852 g/mol. The smallest absolute Gasteiger partial charge is 0.192 e. The Morgan fingerprint density at radius 3 is 0.875 bits per heavy atom. The van der Waals surface area contributed by atoms with Gasteiger partial charge in [-0.2, -0.15) is 0 Å². The maximum absolute atomic E-state index is 9.61. The molecule has 0 aliphatic carbocycles. The molecule has 0 atom stereocenters. The van der Waals surface area contributed by atoms with Crippen molar-refractivity contribution >= 4 is 87.8 Å². The van der Waals surface area contributed by atoms with Crippen molar-refractivity contribution in [3.63, 3.8) is 0 Å². The minimum atomic E-state index is -0.383. The lowest BCUT2D eigenvalue weighted by Gasteiger charge is -2.32. The van der Waals surface area contributed by atoms with Crippen LogP contribution < -0.4 is 3.07 Å². The first kappa shape index (κ1) is 35.4. The highest BCUT2D eigenvalue weighted by Crippen LogP contribution is 2.45. The Kier molecular flexibility index (Phi) is 12.5. The molecule has 0 spiro atoms. The van der Waals surface area contributed by atoms with Crippen LogP contribution in [0.5, 0.6) is 17.2 Å². The fourth-order valence-electron chi connectivity index (χ4n) is 4.87. The standard InChI is InChI=1S/C38H29IO3S6/c1-38(26-2-14-32(15-3-26)43-46-35-20-8-29(40)9-21-35,27-4-16-33(17-5-27)44-47-36-22-10-30(41)11-23-36)28-6-18-34(19-7-28)45-48-37-24-12-31(42-39)13-25-37/h2-25,40-41H,1H3. The molecule has 0 unspecified atom stereocenters. The Labute approximate surface area is 319 Å². The zero-order valence-corrected chi connectivity index (χ0v) is 32.5. The van der Waals surface area contributed by atoms with E-state index in [1.165, 1.54) is 36.3 Å². The summed E-state index contributed by atoms with van der Waals surface area (Å²) >= 11 is 1.90. The number of phenolic OH excluding ortho intramolecular Hbond substituents is 2. The van der Waals surface area contributed by atoms with Crippen LogP contribution in [0, 0.1) is 0 Å². The molecular weight excluding hydrogens is 824 g/mol. The fourth-order valence-corrected chi connectivity index (χ4v) is 11.0. The van der Waals surface area contributed by atoms with Gasteiger partial charge in [0.05, 0.1) is 0 Å². The van der Waals surface area contributed by atoms with Crippen molar-refractivity contribution in [2.24, 2.45) is 0 Å². The zero-order chi connectivity index (χ0) is 33.3. The topological polar surface area (TPSA) is 49.7 Å². The van der Waals surface area contributed by atoms with Gasteiger partial charge in [-0.05, 0) is 133 Å². The number of benzene rings is 6. The molecule has 0 fully saturated rings. The first-order chi connectivity index (χ1) is 23.4. The van der Waals surface area contributed by atoms with Gasteiger partial charge >= 0.3 is 0 Å². The van der Waals surface area contributed by atoms with E-state index < -0.39 is 0 Å². The number of rotatable bonds is 13. The van der Waals surface area contributed by atoms with Crippen LogP contribution in [0.4, 0.5) is 0 Å². The summed E-state index contributed by atoms with van der Waals surface area (Å²) in [5, 5.41) is 19.2. The van der Waals surface area contributed by atoms with Crippen LogP contribution in [0.25, 0.3) is 0 Å². The third-order valence-corrected chi connectivity index (χ3v) is 15.3. The molecule has 6 aromatic rings. The minimum Gasteiger partial charge on any atom is -0.508 e. The molecular formula is C38H29IO3S6. The first-order valence-electron chi connectivity index (χ1n) is 14.7. The van der Waals surface area contributed by atoms with E-state index >= 15 is 0 Å². The molecule has 242 valence electrons. The summed E-state index contributed by atoms with van der Waals surface area (Å²) in [7, 11) is 10.3.